The maximum Gasteiger partial charge on any atom is 0.145 e. The van der Waals surface area contributed by atoms with Gasteiger partial charge in [-0.3, -0.25) is 4.99 Å². The van der Waals surface area contributed by atoms with Crippen molar-refractivity contribution in [3.63, 3.8) is 0 Å². The first-order valence-corrected chi connectivity index (χ1v) is 3.74. The lowest BCUT2D eigenvalue weighted by Gasteiger charge is -2.04. The van der Waals surface area contributed by atoms with Gasteiger partial charge in [-0.05, 0) is 32.5 Å². The first kappa shape index (κ1) is 10.2. The minimum absolute atomic E-state index is 0.0742. The van der Waals surface area contributed by atoms with Crippen molar-refractivity contribution in [2.45, 2.75) is 27.0 Å². The molecule has 11 heavy (non-hydrogen) atoms. The number of rotatable bonds is 4. The Morgan fingerprint density at radius 3 is 2.82 bits per heavy atom. The molecule has 0 saturated carbocycles. The van der Waals surface area contributed by atoms with Crippen LogP contribution in [0.3, 0.4) is 0 Å². The van der Waals surface area contributed by atoms with E-state index in [1.165, 1.54) is 6.20 Å². The summed E-state index contributed by atoms with van der Waals surface area (Å²) in [7, 11) is 0. The summed E-state index contributed by atoms with van der Waals surface area (Å²) in [5, 5.41) is 0. The number of nitrogens with two attached hydrogens (primary N) is 1. The van der Waals surface area contributed by atoms with Gasteiger partial charge in [-0.2, -0.15) is 0 Å². The molecule has 0 aromatic rings. The SMILES string of the molecule is CCOC(C)/N=C/C(C)=C\N. The summed E-state index contributed by atoms with van der Waals surface area (Å²) in [5.74, 6) is 0. The Hall–Kier alpha value is -0.830. The molecule has 0 aromatic carbocycles. The largest absolute Gasteiger partial charge is 0.404 e. The predicted octanol–water partition coefficient (Wildman–Crippen LogP) is 1.30. The van der Waals surface area contributed by atoms with Gasteiger partial charge in [0.2, 0.25) is 0 Å². The molecule has 2 N–H and O–H groups in total. The van der Waals surface area contributed by atoms with Crippen LogP contribution in [0.2, 0.25) is 0 Å². The molecule has 0 radical (unpaired) electrons. The van der Waals surface area contributed by atoms with Crippen molar-refractivity contribution in [2.24, 2.45) is 10.7 Å². The zero-order chi connectivity index (χ0) is 8.69. The van der Waals surface area contributed by atoms with Gasteiger partial charge < -0.3 is 10.5 Å². The van der Waals surface area contributed by atoms with Gasteiger partial charge in [0.15, 0.2) is 0 Å². The topological polar surface area (TPSA) is 47.6 Å². The highest BCUT2D eigenvalue weighted by molar-refractivity contribution is 5.77. The van der Waals surface area contributed by atoms with Crippen LogP contribution in [-0.4, -0.2) is 19.0 Å². The number of nitrogens with zero attached hydrogens (tertiary/aromatic N) is 1. The summed E-state index contributed by atoms with van der Waals surface area (Å²) in [5.41, 5.74) is 6.18. The first-order chi connectivity index (χ1) is 5.20. The summed E-state index contributed by atoms with van der Waals surface area (Å²) >= 11 is 0. The van der Waals surface area contributed by atoms with E-state index in [1.807, 2.05) is 20.8 Å². The molecule has 0 aromatic heterocycles. The smallest absolute Gasteiger partial charge is 0.145 e. The van der Waals surface area contributed by atoms with E-state index in [9.17, 15) is 0 Å². The van der Waals surface area contributed by atoms with E-state index in [2.05, 4.69) is 4.99 Å². The maximum absolute atomic E-state index is 5.24. The lowest BCUT2D eigenvalue weighted by atomic mass is 10.4. The lowest BCUT2D eigenvalue weighted by molar-refractivity contribution is 0.0835. The van der Waals surface area contributed by atoms with E-state index in [0.29, 0.717) is 6.61 Å². The molecule has 0 amide bonds. The average Bonchev–Trinajstić information content (AvgIpc) is 2.01. The molecule has 0 aliphatic heterocycles. The molecule has 0 rings (SSSR count). The molecule has 0 bridgehead atoms. The number of hydrogen-bond donors (Lipinski definition) is 1. The Bertz CT molecular complexity index is 152. The van der Waals surface area contributed by atoms with Crippen LogP contribution >= 0.6 is 0 Å². The average molecular weight is 156 g/mol. The van der Waals surface area contributed by atoms with E-state index in [-0.39, 0.29) is 6.23 Å². The van der Waals surface area contributed by atoms with Crippen LogP contribution in [-0.2, 0) is 4.74 Å². The minimum atomic E-state index is -0.0742. The van der Waals surface area contributed by atoms with Gasteiger partial charge in [0, 0.05) is 12.8 Å². The second-order valence-electron chi connectivity index (χ2n) is 2.24. The Labute approximate surface area is 68.0 Å². The van der Waals surface area contributed by atoms with Crippen LogP contribution in [0.15, 0.2) is 16.8 Å². The van der Waals surface area contributed by atoms with E-state index in [0.717, 1.165) is 5.57 Å². The molecule has 0 fully saturated rings. The number of allylic oxidation sites excluding steroid dienone is 1. The molecule has 0 heterocycles. The van der Waals surface area contributed by atoms with Crippen molar-refractivity contribution in [3.8, 4) is 0 Å². The zero-order valence-corrected chi connectivity index (χ0v) is 7.37. The number of ether oxygens (including phenoxy) is 1. The molecule has 1 unspecified atom stereocenters. The van der Waals surface area contributed by atoms with Crippen LogP contribution in [0, 0.1) is 0 Å². The minimum Gasteiger partial charge on any atom is -0.404 e. The third kappa shape index (κ3) is 5.61. The maximum atomic E-state index is 5.24. The molecule has 3 heteroatoms. The fraction of sp³-hybridized carbons (Fsp3) is 0.625. The van der Waals surface area contributed by atoms with Crippen LogP contribution < -0.4 is 5.73 Å². The number of aliphatic imine (C=N–C) groups is 1. The van der Waals surface area contributed by atoms with Crippen LogP contribution in [0.5, 0.6) is 0 Å². The number of hydrogen-bond acceptors (Lipinski definition) is 3. The van der Waals surface area contributed by atoms with E-state index in [4.69, 9.17) is 10.5 Å². The van der Waals surface area contributed by atoms with Gasteiger partial charge in [0.1, 0.15) is 6.23 Å². The van der Waals surface area contributed by atoms with Crippen molar-refractivity contribution in [1.82, 2.24) is 0 Å². The quantitative estimate of drug-likeness (QED) is 0.624. The second-order valence-corrected chi connectivity index (χ2v) is 2.24. The Kier molecular flexibility index (Phi) is 5.47. The lowest BCUT2D eigenvalue weighted by Crippen LogP contribution is -2.04. The van der Waals surface area contributed by atoms with Gasteiger partial charge in [-0.25, -0.2) is 0 Å². The highest BCUT2D eigenvalue weighted by atomic mass is 16.5. The standard InChI is InChI=1S/C8H16N2O/c1-4-11-8(3)10-6-7(2)5-9/h5-6,8H,4,9H2,1-3H3/b7-5-,10-6+. The molecule has 0 spiro atoms. The summed E-state index contributed by atoms with van der Waals surface area (Å²) in [6.45, 7) is 6.41. The molecule has 0 saturated heterocycles. The fourth-order valence-electron chi connectivity index (χ4n) is 0.550. The van der Waals surface area contributed by atoms with E-state index < -0.39 is 0 Å². The third-order valence-electron chi connectivity index (χ3n) is 1.16. The molecule has 0 aliphatic carbocycles. The Morgan fingerprint density at radius 1 is 1.73 bits per heavy atom. The molecular formula is C8H16N2O. The van der Waals surface area contributed by atoms with Gasteiger partial charge in [-0.1, -0.05) is 0 Å². The van der Waals surface area contributed by atoms with E-state index >= 15 is 0 Å². The van der Waals surface area contributed by atoms with Crippen molar-refractivity contribution in [1.29, 1.82) is 0 Å². The van der Waals surface area contributed by atoms with Crippen LogP contribution in [0.1, 0.15) is 20.8 Å². The molecule has 0 aliphatic rings. The third-order valence-corrected chi connectivity index (χ3v) is 1.16. The second kappa shape index (κ2) is 5.92. The molecule has 64 valence electrons. The summed E-state index contributed by atoms with van der Waals surface area (Å²) in [4.78, 5) is 4.09. The summed E-state index contributed by atoms with van der Waals surface area (Å²) < 4.78 is 5.17. The van der Waals surface area contributed by atoms with Gasteiger partial charge in [0.05, 0.1) is 0 Å². The summed E-state index contributed by atoms with van der Waals surface area (Å²) in [6, 6.07) is 0. The summed E-state index contributed by atoms with van der Waals surface area (Å²) in [6.07, 6.45) is 3.15. The normalized spacial score (nSPS) is 15.7. The van der Waals surface area contributed by atoms with Crippen molar-refractivity contribution in [2.75, 3.05) is 6.61 Å². The van der Waals surface area contributed by atoms with Crippen molar-refractivity contribution in [3.05, 3.63) is 11.8 Å². The van der Waals surface area contributed by atoms with Gasteiger partial charge >= 0.3 is 0 Å². The monoisotopic (exact) mass is 156 g/mol. The Balaban J connectivity index is 3.72. The van der Waals surface area contributed by atoms with Crippen LogP contribution in [0.25, 0.3) is 0 Å². The zero-order valence-electron chi connectivity index (χ0n) is 7.37. The van der Waals surface area contributed by atoms with Crippen LogP contribution in [0.4, 0.5) is 0 Å². The van der Waals surface area contributed by atoms with Gasteiger partial charge in [-0.15, -0.1) is 0 Å². The molecule has 3 nitrogen and oxygen atoms in total. The molecule has 1 atom stereocenters. The van der Waals surface area contributed by atoms with Crippen molar-refractivity contribution >= 4 is 6.21 Å². The molecular weight excluding hydrogens is 140 g/mol. The Morgan fingerprint density at radius 2 is 2.36 bits per heavy atom. The van der Waals surface area contributed by atoms with Gasteiger partial charge in [0.25, 0.3) is 0 Å². The predicted molar refractivity (Wildman–Crippen MR) is 47.5 cm³/mol. The first-order valence-electron chi connectivity index (χ1n) is 3.74. The van der Waals surface area contributed by atoms with E-state index in [1.54, 1.807) is 6.21 Å². The van der Waals surface area contributed by atoms with Crippen molar-refractivity contribution < 1.29 is 4.74 Å². The fourth-order valence-corrected chi connectivity index (χ4v) is 0.550. The highest BCUT2D eigenvalue weighted by Gasteiger charge is 1.92. The highest BCUT2D eigenvalue weighted by Crippen LogP contribution is 1.92.